The normalized spacial score (nSPS) is 12.6. The monoisotopic (exact) mass is 163 g/mol. The SMILES string of the molecule is CCCCC=NS(C)(=O)=O. The number of sulfonamides is 1. The van der Waals surface area contributed by atoms with Crippen LogP contribution in [-0.4, -0.2) is 20.9 Å². The first kappa shape index (κ1) is 9.62. The van der Waals surface area contributed by atoms with Crippen LogP contribution < -0.4 is 0 Å². The molecule has 0 bridgehead atoms. The molecule has 0 N–H and O–H groups in total. The van der Waals surface area contributed by atoms with Crippen molar-refractivity contribution in [2.24, 2.45) is 4.40 Å². The van der Waals surface area contributed by atoms with E-state index < -0.39 is 10.0 Å². The van der Waals surface area contributed by atoms with E-state index in [1.807, 2.05) is 6.92 Å². The van der Waals surface area contributed by atoms with E-state index in [-0.39, 0.29) is 0 Å². The molecule has 0 atom stereocenters. The molecule has 0 radical (unpaired) electrons. The third-order valence-electron chi connectivity index (χ3n) is 0.953. The Hall–Kier alpha value is -0.380. The molecule has 0 aromatic rings. The van der Waals surface area contributed by atoms with Crippen LogP contribution in [0.15, 0.2) is 4.40 Å². The van der Waals surface area contributed by atoms with E-state index in [1.54, 1.807) is 0 Å². The van der Waals surface area contributed by atoms with E-state index in [0.717, 1.165) is 25.5 Å². The minimum absolute atomic E-state index is 0.754. The zero-order valence-electron chi connectivity index (χ0n) is 6.37. The van der Waals surface area contributed by atoms with Gasteiger partial charge in [-0.1, -0.05) is 13.3 Å². The Morgan fingerprint density at radius 3 is 2.50 bits per heavy atom. The van der Waals surface area contributed by atoms with Gasteiger partial charge in [-0.2, -0.15) is 4.40 Å². The standard InChI is InChI=1S/C6H13NO2S/c1-3-4-5-6-7-10(2,8)9/h6H,3-5H2,1-2H3. The van der Waals surface area contributed by atoms with Crippen molar-refractivity contribution in [3.8, 4) is 0 Å². The predicted molar refractivity (Wildman–Crippen MR) is 42.9 cm³/mol. The van der Waals surface area contributed by atoms with Crippen molar-refractivity contribution in [1.82, 2.24) is 0 Å². The summed E-state index contributed by atoms with van der Waals surface area (Å²) in [7, 11) is -3.14. The van der Waals surface area contributed by atoms with Gasteiger partial charge in [0.1, 0.15) is 0 Å². The second-order valence-electron chi connectivity index (χ2n) is 2.16. The zero-order valence-corrected chi connectivity index (χ0v) is 7.19. The van der Waals surface area contributed by atoms with E-state index in [9.17, 15) is 8.42 Å². The molecule has 0 aromatic heterocycles. The summed E-state index contributed by atoms with van der Waals surface area (Å²) in [6, 6.07) is 0. The van der Waals surface area contributed by atoms with E-state index in [4.69, 9.17) is 0 Å². The molecule has 0 aliphatic heterocycles. The van der Waals surface area contributed by atoms with Crippen LogP contribution in [0.4, 0.5) is 0 Å². The van der Waals surface area contributed by atoms with Crippen molar-refractivity contribution in [1.29, 1.82) is 0 Å². The van der Waals surface area contributed by atoms with E-state index in [2.05, 4.69) is 4.40 Å². The summed E-state index contributed by atoms with van der Waals surface area (Å²) >= 11 is 0. The molecule has 0 amide bonds. The second kappa shape index (κ2) is 4.44. The Bertz CT molecular complexity index is 194. The van der Waals surface area contributed by atoms with Gasteiger partial charge in [-0.05, 0) is 12.8 Å². The fourth-order valence-corrected chi connectivity index (χ4v) is 0.860. The van der Waals surface area contributed by atoms with Gasteiger partial charge >= 0.3 is 0 Å². The van der Waals surface area contributed by atoms with E-state index in [0.29, 0.717) is 0 Å². The lowest BCUT2D eigenvalue weighted by Crippen LogP contribution is -1.90. The number of hydrogen-bond donors (Lipinski definition) is 0. The fourth-order valence-electron chi connectivity index (χ4n) is 0.484. The first-order valence-electron chi connectivity index (χ1n) is 3.30. The maximum Gasteiger partial charge on any atom is 0.249 e. The first-order valence-corrected chi connectivity index (χ1v) is 5.15. The van der Waals surface area contributed by atoms with Crippen LogP contribution in [0.2, 0.25) is 0 Å². The summed E-state index contributed by atoms with van der Waals surface area (Å²) in [6.45, 7) is 2.05. The maximum atomic E-state index is 10.4. The average Bonchev–Trinajstić information content (AvgIpc) is 1.78. The zero-order chi connectivity index (χ0) is 8.04. The molecule has 0 aliphatic rings. The first-order chi connectivity index (χ1) is 4.56. The summed E-state index contributed by atoms with van der Waals surface area (Å²) in [4.78, 5) is 0. The van der Waals surface area contributed by atoms with Gasteiger partial charge in [0.15, 0.2) is 0 Å². The minimum atomic E-state index is -3.14. The predicted octanol–water partition coefficient (Wildman–Crippen LogP) is 1.21. The average molecular weight is 163 g/mol. The molecule has 0 aliphatic carbocycles. The molecule has 4 heteroatoms. The summed E-state index contributed by atoms with van der Waals surface area (Å²) in [5.74, 6) is 0. The van der Waals surface area contributed by atoms with Gasteiger partial charge in [-0.3, -0.25) is 0 Å². The molecule has 60 valence electrons. The molecular weight excluding hydrogens is 150 g/mol. The molecule has 0 spiro atoms. The lowest BCUT2D eigenvalue weighted by Gasteiger charge is -1.86. The van der Waals surface area contributed by atoms with Gasteiger partial charge in [-0.15, -0.1) is 0 Å². The Morgan fingerprint density at radius 1 is 1.50 bits per heavy atom. The summed E-state index contributed by atoms with van der Waals surface area (Å²) in [5, 5.41) is 0. The van der Waals surface area contributed by atoms with Crippen molar-refractivity contribution < 1.29 is 8.42 Å². The smallest absolute Gasteiger partial charge is 0.205 e. The lowest BCUT2D eigenvalue weighted by atomic mass is 10.3. The third-order valence-corrected chi connectivity index (χ3v) is 1.48. The van der Waals surface area contributed by atoms with Crippen molar-refractivity contribution >= 4 is 16.2 Å². The number of nitrogens with zero attached hydrogens (tertiary/aromatic N) is 1. The van der Waals surface area contributed by atoms with E-state index in [1.165, 1.54) is 6.21 Å². The molecule has 10 heavy (non-hydrogen) atoms. The third kappa shape index (κ3) is 7.62. The molecule has 0 saturated heterocycles. The Morgan fingerprint density at radius 2 is 2.10 bits per heavy atom. The Labute approximate surface area is 62.2 Å². The van der Waals surface area contributed by atoms with Gasteiger partial charge in [0.25, 0.3) is 0 Å². The highest BCUT2D eigenvalue weighted by molar-refractivity contribution is 7.89. The number of unbranched alkanes of at least 4 members (excludes halogenated alkanes) is 2. The van der Waals surface area contributed by atoms with Crippen LogP contribution in [-0.2, 0) is 10.0 Å². The summed E-state index contributed by atoms with van der Waals surface area (Å²) in [6.07, 6.45) is 5.37. The van der Waals surface area contributed by atoms with Gasteiger partial charge in [0, 0.05) is 6.21 Å². The molecule has 0 aromatic carbocycles. The van der Waals surface area contributed by atoms with Crippen LogP contribution in [0.3, 0.4) is 0 Å². The highest BCUT2D eigenvalue weighted by Crippen LogP contribution is 1.91. The highest BCUT2D eigenvalue weighted by atomic mass is 32.2. The summed E-state index contributed by atoms with van der Waals surface area (Å²) in [5.41, 5.74) is 0. The van der Waals surface area contributed by atoms with Crippen LogP contribution in [0.5, 0.6) is 0 Å². The van der Waals surface area contributed by atoms with Crippen LogP contribution in [0, 0.1) is 0 Å². The van der Waals surface area contributed by atoms with Gasteiger partial charge < -0.3 is 0 Å². The molecule has 0 unspecified atom stereocenters. The van der Waals surface area contributed by atoms with Crippen molar-refractivity contribution in [3.05, 3.63) is 0 Å². The second-order valence-corrected chi connectivity index (χ2v) is 3.84. The number of hydrogen-bond acceptors (Lipinski definition) is 2. The molecule has 0 fully saturated rings. The van der Waals surface area contributed by atoms with Gasteiger partial charge in [0.05, 0.1) is 6.26 Å². The minimum Gasteiger partial charge on any atom is -0.205 e. The summed E-state index contributed by atoms with van der Waals surface area (Å²) < 4.78 is 24.1. The molecule has 0 heterocycles. The van der Waals surface area contributed by atoms with Crippen molar-refractivity contribution in [2.75, 3.05) is 6.26 Å². The van der Waals surface area contributed by atoms with Gasteiger partial charge in [-0.25, -0.2) is 8.42 Å². The highest BCUT2D eigenvalue weighted by Gasteiger charge is 1.91. The fraction of sp³-hybridized carbons (Fsp3) is 0.833. The van der Waals surface area contributed by atoms with Gasteiger partial charge in [0.2, 0.25) is 10.0 Å². The lowest BCUT2D eigenvalue weighted by molar-refractivity contribution is 0.603. The van der Waals surface area contributed by atoms with Crippen LogP contribution >= 0.6 is 0 Å². The van der Waals surface area contributed by atoms with Crippen LogP contribution in [0.1, 0.15) is 26.2 Å². The Balaban J connectivity index is 3.58. The van der Waals surface area contributed by atoms with Crippen molar-refractivity contribution in [2.45, 2.75) is 26.2 Å². The molecule has 3 nitrogen and oxygen atoms in total. The topological polar surface area (TPSA) is 46.5 Å². The Kier molecular flexibility index (Phi) is 4.27. The quantitative estimate of drug-likeness (QED) is 0.462. The molecule has 0 rings (SSSR count). The van der Waals surface area contributed by atoms with Crippen LogP contribution in [0.25, 0.3) is 0 Å². The van der Waals surface area contributed by atoms with Crippen molar-refractivity contribution in [3.63, 3.8) is 0 Å². The molecule has 0 saturated carbocycles. The van der Waals surface area contributed by atoms with E-state index >= 15 is 0 Å². The molecular formula is C6H13NO2S. The number of rotatable bonds is 4. The largest absolute Gasteiger partial charge is 0.249 e. The maximum absolute atomic E-state index is 10.4.